The lowest BCUT2D eigenvalue weighted by molar-refractivity contribution is -0.137. The van der Waals surface area contributed by atoms with Crippen molar-refractivity contribution < 1.29 is 22.4 Å². The quantitative estimate of drug-likeness (QED) is 0.225. The zero-order valence-electron chi connectivity index (χ0n) is 18.1. The van der Waals surface area contributed by atoms with E-state index in [1.807, 2.05) is 31.2 Å². The minimum Gasteiger partial charge on any atom is -0.324 e. The summed E-state index contributed by atoms with van der Waals surface area (Å²) < 4.78 is 55.1. The number of nitrogens with one attached hydrogen (secondary N) is 1. The molecule has 0 spiro atoms. The van der Waals surface area contributed by atoms with Gasteiger partial charge in [-0.3, -0.25) is 9.36 Å². The highest BCUT2D eigenvalue weighted by molar-refractivity contribution is 7.99. The summed E-state index contributed by atoms with van der Waals surface area (Å²) in [5, 5.41) is 10.9. The van der Waals surface area contributed by atoms with Crippen molar-refractivity contribution in [3.63, 3.8) is 0 Å². The van der Waals surface area contributed by atoms with Crippen molar-refractivity contribution in [1.29, 1.82) is 0 Å². The minimum atomic E-state index is -4.58. The predicted molar refractivity (Wildman–Crippen MR) is 127 cm³/mol. The fraction of sp³-hybridized carbons (Fsp3) is 0.125. The van der Waals surface area contributed by atoms with E-state index in [1.165, 1.54) is 6.07 Å². The Kier molecular flexibility index (Phi) is 7.13. The predicted octanol–water partition coefficient (Wildman–Crippen LogP) is 6.78. The number of benzene rings is 3. The first-order chi connectivity index (χ1) is 16.6. The SMILES string of the molecule is Cc1ccc(-n2c(SCC(=O)Nc3cc(C(F)(F)F)ccc3Cl)nnc2-c2ccccc2F)cc1. The molecule has 4 aromatic rings. The molecule has 1 N–H and O–H groups in total. The average Bonchev–Trinajstić information content (AvgIpc) is 3.23. The molecular weight excluding hydrogens is 504 g/mol. The van der Waals surface area contributed by atoms with E-state index in [0.717, 1.165) is 35.5 Å². The molecule has 4 rings (SSSR count). The van der Waals surface area contributed by atoms with Gasteiger partial charge in [0.05, 0.1) is 27.6 Å². The number of carbonyl (C=O) groups excluding carboxylic acids is 1. The van der Waals surface area contributed by atoms with Crippen LogP contribution in [-0.2, 0) is 11.0 Å². The third-order valence-corrected chi connectivity index (χ3v) is 6.20. The van der Waals surface area contributed by atoms with Gasteiger partial charge in [-0.15, -0.1) is 10.2 Å². The normalized spacial score (nSPS) is 11.5. The summed E-state index contributed by atoms with van der Waals surface area (Å²) in [5.74, 6) is -1.03. The Morgan fingerprint density at radius 2 is 1.77 bits per heavy atom. The van der Waals surface area contributed by atoms with Gasteiger partial charge >= 0.3 is 6.18 Å². The highest BCUT2D eigenvalue weighted by atomic mass is 35.5. The molecule has 1 amide bonds. The Morgan fingerprint density at radius 3 is 2.46 bits per heavy atom. The third kappa shape index (κ3) is 5.66. The molecule has 35 heavy (non-hydrogen) atoms. The van der Waals surface area contributed by atoms with E-state index in [4.69, 9.17) is 11.6 Å². The molecule has 0 aliphatic heterocycles. The van der Waals surface area contributed by atoms with Gasteiger partial charge in [0.2, 0.25) is 5.91 Å². The van der Waals surface area contributed by atoms with E-state index in [-0.39, 0.29) is 27.9 Å². The van der Waals surface area contributed by atoms with Crippen molar-refractivity contribution in [3.05, 3.63) is 88.7 Å². The van der Waals surface area contributed by atoms with Gasteiger partial charge in [-0.2, -0.15) is 13.2 Å². The number of thioether (sulfide) groups is 1. The number of anilines is 1. The van der Waals surface area contributed by atoms with Crippen LogP contribution in [0.1, 0.15) is 11.1 Å². The molecule has 0 radical (unpaired) electrons. The smallest absolute Gasteiger partial charge is 0.324 e. The fourth-order valence-electron chi connectivity index (χ4n) is 3.22. The molecule has 0 saturated carbocycles. The standard InChI is InChI=1S/C24H17ClF4N4OS/c1-14-6-9-16(10-7-14)33-22(17-4-2-3-5-19(17)26)31-32-23(33)35-13-21(34)30-20-12-15(24(27,28)29)8-11-18(20)25/h2-12H,13H2,1H3,(H,30,34). The summed E-state index contributed by atoms with van der Waals surface area (Å²) >= 11 is 6.96. The molecule has 5 nitrogen and oxygen atoms in total. The third-order valence-electron chi connectivity index (χ3n) is 4.94. The van der Waals surface area contributed by atoms with E-state index < -0.39 is 23.5 Å². The van der Waals surface area contributed by atoms with Crippen LogP contribution in [-0.4, -0.2) is 26.4 Å². The number of carbonyl (C=O) groups is 1. The topological polar surface area (TPSA) is 59.8 Å². The fourth-order valence-corrected chi connectivity index (χ4v) is 4.14. The van der Waals surface area contributed by atoms with E-state index >= 15 is 0 Å². The number of rotatable bonds is 6. The number of aromatic nitrogens is 3. The number of nitrogens with zero attached hydrogens (tertiary/aromatic N) is 3. The van der Waals surface area contributed by atoms with E-state index in [2.05, 4.69) is 15.5 Å². The first-order valence-electron chi connectivity index (χ1n) is 10.2. The van der Waals surface area contributed by atoms with E-state index in [1.54, 1.807) is 22.8 Å². The minimum absolute atomic E-state index is 0.0268. The van der Waals surface area contributed by atoms with Crippen molar-refractivity contribution in [2.45, 2.75) is 18.3 Å². The summed E-state index contributed by atoms with van der Waals surface area (Å²) in [7, 11) is 0. The number of aryl methyl sites for hydroxylation is 1. The van der Waals surface area contributed by atoms with Gasteiger partial charge in [-0.1, -0.05) is 53.2 Å². The second kappa shape index (κ2) is 10.1. The Hall–Kier alpha value is -3.37. The molecule has 0 saturated heterocycles. The number of alkyl halides is 3. The Labute approximate surface area is 207 Å². The van der Waals surface area contributed by atoms with Crippen LogP contribution in [0.15, 0.2) is 71.9 Å². The zero-order valence-corrected chi connectivity index (χ0v) is 19.7. The molecule has 3 aromatic carbocycles. The van der Waals surface area contributed by atoms with Crippen LogP contribution in [0.5, 0.6) is 0 Å². The van der Waals surface area contributed by atoms with Crippen LogP contribution in [0, 0.1) is 12.7 Å². The molecule has 1 heterocycles. The van der Waals surface area contributed by atoms with Crippen molar-refractivity contribution >= 4 is 35.0 Å². The van der Waals surface area contributed by atoms with E-state index in [9.17, 15) is 22.4 Å². The first-order valence-corrected chi connectivity index (χ1v) is 11.6. The maximum Gasteiger partial charge on any atom is 0.416 e. The summed E-state index contributed by atoms with van der Waals surface area (Å²) in [6.45, 7) is 1.92. The van der Waals surface area contributed by atoms with Gasteiger partial charge in [0.15, 0.2) is 11.0 Å². The monoisotopic (exact) mass is 520 g/mol. The van der Waals surface area contributed by atoms with Crippen LogP contribution < -0.4 is 5.32 Å². The largest absolute Gasteiger partial charge is 0.416 e. The van der Waals surface area contributed by atoms with E-state index in [0.29, 0.717) is 10.8 Å². The molecule has 11 heteroatoms. The van der Waals surface area contributed by atoms with Gasteiger partial charge in [0.25, 0.3) is 0 Å². The lowest BCUT2D eigenvalue weighted by Gasteiger charge is -2.12. The highest BCUT2D eigenvalue weighted by Gasteiger charge is 2.31. The average molecular weight is 521 g/mol. The Balaban J connectivity index is 1.60. The lowest BCUT2D eigenvalue weighted by Crippen LogP contribution is -2.16. The summed E-state index contributed by atoms with van der Waals surface area (Å²) in [6, 6.07) is 16.2. The van der Waals surface area contributed by atoms with Crippen LogP contribution >= 0.6 is 23.4 Å². The molecule has 0 fully saturated rings. The molecule has 0 atom stereocenters. The summed E-state index contributed by atoms with van der Waals surface area (Å²) in [4.78, 5) is 12.5. The Bertz CT molecular complexity index is 1370. The van der Waals surface area contributed by atoms with Crippen LogP contribution in [0.2, 0.25) is 5.02 Å². The number of hydrogen-bond acceptors (Lipinski definition) is 4. The summed E-state index contributed by atoms with van der Waals surface area (Å²) in [6.07, 6.45) is -4.58. The second-order valence-corrected chi connectivity index (χ2v) is 8.84. The van der Waals surface area contributed by atoms with Gasteiger partial charge in [0.1, 0.15) is 5.82 Å². The number of halogens is 5. The van der Waals surface area contributed by atoms with Crippen molar-refractivity contribution in [3.8, 4) is 17.1 Å². The Morgan fingerprint density at radius 1 is 1.06 bits per heavy atom. The van der Waals surface area contributed by atoms with Gasteiger partial charge in [-0.05, 0) is 49.4 Å². The van der Waals surface area contributed by atoms with Gasteiger partial charge in [0, 0.05) is 5.69 Å². The van der Waals surface area contributed by atoms with Crippen molar-refractivity contribution in [2.75, 3.05) is 11.1 Å². The maximum atomic E-state index is 14.5. The maximum absolute atomic E-state index is 14.5. The molecule has 0 aliphatic rings. The summed E-state index contributed by atoms with van der Waals surface area (Å²) in [5.41, 5.74) is 0.814. The van der Waals surface area contributed by atoms with Crippen LogP contribution in [0.3, 0.4) is 0 Å². The van der Waals surface area contributed by atoms with Crippen molar-refractivity contribution in [2.24, 2.45) is 0 Å². The van der Waals surface area contributed by atoms with Gasteiger partial charge in [-0.25, -0.2) is 4.39 Å². The molecule has 0 aliphatic carbocycles. The first kappa shape index (κ1) is 24.7. The number of amides is 1. The van der Waals surface area contributed by atoms with Crippen LogP contribution in [0.25, 0.3) is 17.1 Å². The molecule has 180 valence electrons. The van der Waals surface area contributed by atoms with Crippen molar-refractivity contribution in [1.82, 2.24) is 14.8 Å². The molecule has 0 bridgehead atoms. The zero-order chi connectivity index (χ0) is 25.2. The lowest BCUT2D eigenvalue weighted by atomic mass is 10.2. The molecule has 0 unspecified atom stereocenters. The number of hydrogen-bond donors (Lipinski definition) is 1. The second-order valence-electron chi connectivity index (χ2n) is 7.49. The van der Waals surface area contributed by atoms with Crippen LogP contribution in [0.4, 0.5) is 23.2 Å². The highest BCUT2D eigenvalue weighted by Crippen LogP contribution is 2.34. The molecular formula is C24H17ClF4N4OS. The molecule has 1 aromatic heterocycles. The van der Waals surface area contributed by atoms with Gasteiger partial charge < -0.3 is 5.32 Å².